The molecule has 1 rings (SSSR count). The third kappa shape index (κ3) is 3.97. The van der Waals surface area contributed by atoms with Crippen LogP contribution in [-0.2, 0) is 0 Å². The summed E-state index contributed by atoms with van der Waals surface area (Å²) in [4.78, 5) is 0. The van der Waals surface area contributed by atoms with E-state index in [4.69, 9.17) is 5.73 Å². The maximum Gasteiger partial charge on any atom is 0.00740 e. The predicted octanol–water partition coefficient (Wildman–Crippen LogP) is 2.73. The van der Waals surface area contributed by atoms with Crippen molar-refractivity contribution >= 4 is 32.3 Å². The normalized spacial score (nSPS) is 32.2. The van der Waals surface area contributed by atoms with Gasteiger partial charge in [-0.3, -0.25) is 0 Å². The lowest BCUT2D eigenvalue weighted by atomic mass is 9.87. The van der Waals surface area contributed by atoms with E-state index in [9.17, 15) is 0 Å². The van der Waals surface area contributed by atoms with Crippen molar-refractivity contribution in [2.75, 3.05) is 5.75 Å². The number of hydrogen-bond donors (Lipinski definition) is 2. The van der Waals surface area contributed by atoms with Crippen molar-refractivity contribution in [2.45, 2.75) is 31.7 Å². The van der Waals surface area contributed by atoms with Crippen molar-refractivity contribution in [3.63, 3.8) is 0 Å². The lowest BCUT2D eigenvalue weighted by molar-refractivity contribution is 0.349. The molecule has 0 saturated heterocycles. The monoisotopic (exact) mass is 209 g/mol. The summed E-state index contributed by atoms with van der Waals surface area (Å²) in [6.07, 6.45) is 5.15. The Bertz CT molecular complexity index is 110. The van der Waals surface area contributed by atoms with E-state index in [-0.39, 0.29) is 0 Å². The summed E-state index contributed by atoms with van der Waals surface area (Å²) in [5, 5.41) is 0. The standard InChI is InChI=1S/C7H15NS3/c8-7-3-1-2-6(4-7)5-10-11-9/h6-7,9H,1-5,8H2/t6-,7+/m0/s1. The zero-order valence-electron chi connectivity index (χ0n) is 6.53. The summed E-state index contributed by atoms with van der Waals surface area (Å²) in [6.45, 7) is 0. The number of nitrogens with two attached hydrogens (primary N) is 1. The van der Waals surface area contributed by atoms with E-state index in [1.807, 2.05) is 10.8 Å². The maximum absolute atomic E-state index is 5.86. The van der Waals surface area contributed by atoms with Crippen LogP contribution in [0.4, 0.5) is 0 Å². The fourth-order valence-electron chi connectivity index (χ4n) is 1.61. The molecule has 0 radical (unpaired) electrons. The van der Waals surface area contributed by atoms with Crippen LogP contribution >= 0.6 is 32.3 Å². The molecule has 0 aromatic rings. The molecule has 0 aliphatic heterocycles. The molecular formula is C7H15NS3. The number of hydrogen-bond acceptors (Lipinski definition) is 4. The average molecular weight is 209 g/mol. The van der Waals surface area contributed by atoms with Crippen LogP contribution in [0.3, 0.4) is 0 Å². The van der Waals surface area contributed by atoms with Crippen molar-refractivity contribution in [3.8, 4) is 0 Å². The second-order valence-corrected chi connectivity index (χ2v) is 6.37. The van der Waals surface area contributed by atoms with Crippen LogP contribution in [0.2, 0.25) is 0 Å². The molecule has 0 spiro atoms. The number of rotatable bonds is 3. The molecule has 4 heteroatoms. The molecule has 1 aliphatic rings. The smallest absolute Gasteiger partial charge is 0.00740 e. The molecule has 0 unspecified atom stereocenters. The molecular weight excluding hydrogens is 194 g/mol. The van der Waals surface area contributed by atoms with Gasteiger partial charge in [0.15, 0.2) is 0 Å². The van der Waals surface area contributed by atoms with Crippen LogP contribution in [0, 0.1) is 5.92 Å². The molecule has 2 atom stereocenters. The van der Waals surface area contributed by atoms with Crippen molar-refractivity contribution < 1.29 is 0 Å². The molecule has 0 amide bonds. The molecule has 0 heterocycles. The average Bonchev–Trinajstić information content (AvgIpc) is 2.01. The second kappa shape index (κ2) is 5.62. The Hall–Kier alpha value is 1.01. The van der Waals surface area contributed by atoms with Crippen LogP contribution in [-0.4, -0.2) is 11.8 Å². The minimum atomic E-state index is 0.472. The first-order chi connectivity index (χ1) is 5.33. The first kappa shape index (κ1) is 10.1. The molecule has 1 saturated carbocycles. The summed E-state index contributed by atoms with van der Waals surface area (Å²) in [5.74, 6) is 2.07. The van der Waals surface area contributed by atoms with E-state index in [0.29, 0.717) is 6.04 Å². The van der Waals surface area contributed by atoms with E-state index in [1.165, 1.54) is 31.4 Å². The molecule has 0 aromatic heterocycles. The lowest BCUT2D eigenvalue weighted by Crippen LogP contribution is -2.28. The fraction of sp³-hybridized carbons (Fsp3) is 1.00. The third-order valence-corrected chi connectivity index (χ3v) is 4.57. The van der Waals surface area contributed by atoms with Gasteiger partial charge < -0.3 is 5.73 Å². The van der Waals surface area contributed by atoms with Gasteiger partial charge in [-0.05, 0) is 35.0 Å². The largest absolute Gasteiger partial charge is 0.328 e. The van der Waals surface area contributed by atoms with Gasteiger partial charge >= 0.3 is 0 Å². The maximum atomic E-state index is 5.86. The minimum absolute atomic E-state index is 0.472. The Balaban J connectivity index is 2.12. The minimum Gasteiger partial charge on any atom is -0.328 e. The number of thiol groups is 1. The first-order valence-corrected chi connectivity index (χ1v) is 7.38. The third-order valence-electron chi connectivity index (χ3n) is 2.18. The van der Waals surface area contributed by atoms with E-state index >= 15 is 0 Å². The first-order valence-electron chi connectivity index (χ1n) is 4.01. The van der Waals surface area contributed by atoms with Gasteiger partial charge in [-0.2, -0.15) is 0 Å². The molecule has 1 fully saturated rings. The Morgan fingerprint density at radius 2 is 2.27 bits per heavy atom. The van der Waals surface area contributed by atoms with Crippen LogP contribution in [0.5, 0.6) is 0 Å². The van der Waals surface area contributed by atoms with Gasteiger partial charge in [-0.1, -0.05) is 28.9 Å². The van der Waals surface area contributed by atoms with E-state index < -0.39 is 0 Å². The zero-order chi connectivity index (χ0) is 8.10. The van der Waals surface area contributed by atoms with Gasteiger partial charge in [-0.15, -0.1) is 0 Å². The van der Waals surface area contributed by atoms with E-state index in [2.05, 4.69) is 11.7 Å². The van der Waals surface area contributed by atoms with Crippen LogP contribution in [0.25, 0.3) is 0 Å². The zero-order valence-corrected chi connectivity index (χ0v) is 9.06. The summed E-state index contributed by atoms with van der Waals surface area (Å²) >= 11 is 4.09. The Morgan fingerprint density at radius 3 is 2.91 bits per heavy atom. The highest BCUT2D eigenvalue weighted by Gasteiger charge is 2.18. The molecule has 1 nitrogen and oxygen atoms in total. The van der Waals surface area contributed by atoms with Crippen molar-refractivity contribution in [1.29, 1.82) is 0 Å². The topological polar surface area (TPSA) is 26.0 Å². The van der Waals surface area contributed by atoms with Gasteiger partial charge in [0.05, 0.1) is 0 Å². The molecule has 2 N–H and O–H groups in total. The van der Waals surface area contributed by atoms with E-state index in [1.54, 1.807) is 9.83 Å². The Labute approximate surface area is 81.5 Å². The van der Waals surface area contributed by atoms with Gasteiger partial charge in [0.1, 0.15) is 0 Å². The molecule has 0 bridgehead atoms. The second-order valence-electron chi connectivity index (χ2n) is 3.15. The van der Waals surface area contributed by atoms with Crippen LogP contribution in [0.1, 0.15) is 25.7 Å². The Kier molecular flexibility index (Phi) is 5.16. The lowest BCUT2D eigenvalue weighted by Gasteiger charge is -2.25. The quantitative estimate of drug-likeness (QED) is 0.552. The summed E-state index contributed by atoms with van der Waals surface area (Å²) in [5.41, 5.74) is 5.86. The van der Waals surface area contributed by atoms with Gasteiger partial charge in [0.25, 0.3) is 0 Å². The van der Waals surface area contributed by atoms with Crippen molar-refractivity contribution in [2.24, 2.45) is 11.7 Å². The molecule has 1 aliphatic carbocycles. The molecule has 11 heavy (non-hydrogen) atoms. The molecule has 0 aromatic carbocycles. The summed E-state index contributed by atoms with van der Waals surface area (Å²) < 4.78 is 0. The van der Waals surface area contributed by atoms with Gasteiger partial charge in [0, 0.05) is 11.8 Å². The Morgan fingerprint density at radius 1 is 1.45 bits per heavy atom. The van der Waals surface area contributed by atoms with Crippen LogP contribution < -0.4 is 5.73 Å². The fourth-order valence-corrected chi connectivity index (χ4v) is 3.47. The van der Waals surface area contributed by atoms with Crippen LogP contribution in [0.15, 0.2) is 0 Å². The van der Waals surface area contributed by atoms with Gasteiger partial charge in [-0.25, -0.2) is 0 Å². The van der Waals surface area contributed by atoms with Crippen molar-refractivity contribution in [1.82, 2.24) is 0 Å². The summed E-state index contributed by atoms with van der Waals surface area (Å²) in [7, 11) is 3.41. The SMILES string of the molecule is N[C@@H]1CCC[C@H](CSSS)C1. The van der Waals surface area contributed by atoms with E-state index in [0.717, 1.165) is 5.92 Å². The van der Waals surface area contributed by atoms with Crippen molar-refractivity contribution in [3.05, 3.63) is 0 Å². The predicted molar refractivity (Wildman–Crippen MR) is 59.0 cm³/mol. The highest BCUT2D eigenvalue weighted by atomic mass is 33.5. The highest BCUT2D eigenvalue weighted by Crippen LogP contribution is 2.32. The summed E-state index contributed by atoms with van der Waals surface area (Å²) in [6, 6.07) is 0.472. The van der Waals surface area contributed by atoms with Gasteiger partial charge in [0.2, 0.25) is 0 Å². The highest BCUT2D eigenvalue weighted by molar-refractivity contribution is 9.05. The molecule has 66 valence electrons.